The van der Waals surface area contributed by atoms with Crippen LogP contribution in [0.1, 0.15) is 34.6 Å². The highest BCUT2D eigenvalue weighted by atomic mass is 16.5. The fraction of sp³-hybridized carbons (Fsp3) is 0.350. The van der Waals surface area contributed by atoms with Crippen molar-refractivity contribution in [3.8, 4) is 11.5 Å². The van der Waals surface area contributed by atoms with Crippen molar-refractivity contribution in [2.24, 2.45) is 7.05 Å². The Balaban J connectivity index is 2.39. The van der Waals surface area contributed by atoms with Gasteiger partial charge in [-0.25, -0.2) is 0 Å². The predicted molar refractivity (Wildman–Crippen MR) is 106 cm³/mol. The Kier molecular flexibility index (Phi) is 6.81. The van der Waals surface area contributed by atoms with Crippen LogP contribution in [-0.2, 0) is 7.05 Å². The van der Waals surface area contributed by atoms with Crippen molar-refractivity contribution in [3.05, 3.63) is 51.9 Å². The number of hydrogen-bond donors (Lipinski definition) is 1. The molecule has 2 aromatic rings. The third-order valence-electron chi connectivity index (χ3n) is 4.34. The van der Waals surface area contributed by atoms with Gasteiger partial charge in [0.2, 0.25) is 0 Å². The standard InChI is InChI=1S/C20H25N3O5/c1-6-23(7-2)19(25)14-10-17(20(26)22(3)12-14)21-18(24)13-8-15(27-4)11-16(9-13)28-5/h8-12H,6-7H2,1-5H3,(H,21,24). The highest BCUT2D eigenvalue weighted by Crippen LogP contribution is 2.23. The Labute approximate surface area is 163 Å². The fourth-order valence-corrected chi connectivity index (χ4v) is 2.74. The maximum Gasteiger partial charge on any atom is 0.274 e. The van der Waals surface area contributed by atoms with E-state index in [9.17, 15) is 14.4 Å². The van der Waals surface area contributed by atoms with E-state index in [1.54, 1.807) is 11.0 Å². The minimum Gasteiger partial charge on any atom is -0.497 e. The van der Waals surface area contributed by atoms with Crippen LogP contribution < -0.4 is 20.3 Å². The molecule has 0 aliphatic heterocycles. The van der Waals surface area contributed by atoms with E-state index in [1.165, 1.54) is 50.2 Å². The molecule has 0 fully saturated rings. The minimum atomic E-state index is -0.512. The number of aromatic nitrogens is 1. The Morgan fingerprint density at radius 3 is 2.07 bits per heavy atom. The molecule has 1 heterocycles. The highest BCUT2D eigenvalue weighted by Gasteiger charge is 2.18. The van der Waals surface area contributed by atoms with Crippen molar-refractivity contribution < 1.29 is 19.1 Å². The van der Waals surface area contributed by atoms with Gasteiger partial charge in [-0.15, -0.1) is 0 Å². The fourth-order valence-electron chi connectivity index (χ4n) is 2.74. The van der Waals surface area contributed by atoms with Crippen molar-refractivity contribution in [1.29, 1.82) is 0 Å². The Bertz CT molecular complexity index is 910. The molecule has 0 bridgehead atoms. The Morgan fingerprint density at radius 1 is 1.00 bits per heavy atom. The molecule has 0 atom stereocenters. The average Bonchev–Trinajstić information content (AvgIpc) is 2.71. The number of nitrogens with zero attached hydrogens (tertiary/aromatic N) is 2. The summed E-state index contributed by atoms with van der Waals surface area (Å²) in [5.41, 5.74) is 0.189. The van der Waals surface area contributed by atoms with Crippen molar-refractivity contribution in [2.45, 2.75) is 13.8 Å². The van der Waals surface area contributed by atoms with E-state index in [0.29, 0.717) is 30.2 Å². The second-order valence-electron chi connectivity index (χ2n) is 6.09. The van der Waals surface area contributed by atoms with Gasteiger partial charge in [0.1, 0.15) is 17.2 Å². The number of ether oxygens (including phenoxy) is 2. The smallest absolute Gasteiger partial charge is 0.274 e. The molecule has 1 aromatic heterocycles. The topological polar surface area (TPSA) is 89.9 Å². The number of anilines is 1. The van der Waals surface area contributed by atoms with Gasteiger partial charge in [-0.2, -0.15) is 0 Å². The van der Waals surface area contributed by atoms with Gasteiger partial charge in [-0.05, 0) is 32.0 Å². The summed E-state index contributed by atoms with van der Waals surface area (Å²) in [7, 11) is 4.49. The summed E-state index contributed by atoms with van der Waals surface area (Å²) < 4.78 is 11.6. The molecule has 0 radical (unpaired) electrons. The summed E-state index contributed by atoms with van der Waals surface area (Å²) in [6.45, 7) is 4.84. The molecule has 2 rings (SSSR count). The lowest BCUT2D eigenvalue weighted by atomic mass is 10.1. The molecule has 28 heavy (non-hydrogen) atoms. The molecule has 8 nitrogen and oxygen atoms in total. The van der Waals surface area contributed by atoms with E-state index < -0.39 is 11.5 Å². The maximum absolute atomic E-state index is 12.7. The van der Waals surface area contributed by atoms with Gasteiger partial charge in [-0.1, -0.05) is 0 Å². The molecule has 2 amide bonds. The largest absolute Gasteiger partial charge is 0.497 e. The summed E-state index contributed by atoms with van der Waals surface area (Å²) in [6, 6.07) is 6.11. The lowest BCUT2D eigenvalue weighted by Crippen LogP contribution is -2.32. The lowest BCUT2D eigenvalue weighted by molar-refractivity contribution is 0.0771. The van der Waals surface area contributed by atoms with Gasteiger partial charge < -0.3 is 24.3 Å². The zero-order chi connectivity index (χ0) is 20.8. The molecule has 150 valence electrons. The minimum absolute atomic E-state index is 0.0206. The molecule has 1 N–H and O–H groups in total. The first-order valence-electron chi connectivity index (χ1n) is 8.88. The van der Waals surface area contributed by atoms with E-state index in [-0.39, 0.29) is 17.2 Å². The van der Waals surface area contributed by atoms with E-state index in [0.717, 1.165) is 0 Å². The van der Waals surface area contributed by atoms with Crippen LogP contribution in [0, 0.1) is 0 Å². The van der Waals surface area contributed by atoms with E-state index in [2.05, 4.69) is 5.32 Å². The molecular weight excluding hydrogens is 362 g/mol. The summed E-state index contributed by atoms with van der Waals surface area (Å²) in [5.74, 6) is 0.173. The van der Waals surface area contributed by atoms with Gasteiger partial charge in [0, 0.05) is 38.0 Å². The molecule has 1 aromatic carbocycles. The Hall–Kier alpha value is -3.29. The zero-order valence-corrected chi connectivity index (χ0v) is 16.7. The van der Waals surface area contributed by atoms with Crippen LogP contribution in [0.5, 0.6) is 11.5 Å². The lowest BCUT2D eigenvalue weighted by Gasteiger charge is -2.19. The first-order valence-corrected chi connectivity index (χ1v) is 8.88. The molecule has 0 aliphatic rings. The van der Waals surface area contributed by atoms with E-state index >= 15 is 0 Å². The van der Waals surface area contributed by atoms with Crippen LogP contribution in [0.4, 0.5) is 5.69 Å². The van der Waals surface area contributed by atoms with Gasteiger partial charge in [0.25, 0.3) is 17.4 Å². The maximum atomic E-state index is 12.7. The average molecular weight is 387 g/mol. The molecule has 0 unspecified atom stereocenters. The number of amides is 2. The monoisotopic (exact) mass is 387 g/mol. The van der Waals surface area contributed by atoms with Gasteiger partial charge in [0.05, 0.1) is 19.8 Å². The number of benzene rings is 1. The number of pyridine rings is 1. The van der Waals surface area contributed by atoms with Gasteiger partial charge in [-0.3, -0.25) is 14.4 Å². The molecule has 8 heteroatoms. The predicted octanol–water partition coefficient (Wildman–Crippen LogP) is 2.14. The second kappa shape index (κ2) is 9.07. The van der Waals surface area contributed by atoms with Crippen LogP contribution in [0.15, 0.2) is 35.3 Å². The molecular formula is C20H25N3O5. The summed E-state index contributed by atoms with van der Waals surface area (Å²) >= 11 is 0. The zero-order valence-electron chi connectivity index (χ0n) is 16.7. The highest BCUT2D eigenvalue weighted by molar-refractivity contribution is 6.05. The summed E-state index contributed by atoms with van der Waals surface area (Å²) in [4.78, 5) is 39.4. The number of carbonyl (C=O) groups excluding carboxylic acids is 2. The summed E-state index contributed by atoms with van der Waals surface area (Å²) in [6.07, 6.45) is 1.47. The van der Waals surface area contributed by atoms with Gasteiger partial charge >= 0.3 is 0 Å². The normalized spacial score (nSPS) is 10.3. The van der Waals surface area contributed by atoms with Crippen molar-refractivity contribution in [3.63, 3.8) is 0 Å². The first-order chi connectivity index (χ1) is 13.3. The summed E-state index contributed by atoms with van der Waals surface area (Å²) in [5, 5.41) is 2.59. The van der Waals surface area contributed by atoms with Gasteiger partial charge in [0.15, 0.2) is 0 Å². The number of aryl methyl sites for hydroxylation is 1. The molecule has 0 saturated carbocycles. The molecule has 0 spiro atoms. The second-order valence-corrected chi connectivity index (χ2v) is 6.09. The van der Waals surface area contributed by atoms with Crippen LogP contribution in [-0.4, -0.2) is 48.6 Å². The number of methoxy groups -OCH3 is 2. The molecule has 0 aliphatic carbocycles. The molecule has 0 saturated heterocycles. The van der Waals surface area contributed by atoms with E-state index in [1.807, 2.05) is 13.8 Å². The van der Waals surface area contributed by atoms with Crippen molar-refractivity contribution in [1.82, 2.24) is 9.47 Å². The number of nitrogens with one attached hydrogen (secondary N) is 1. The van der Waals surface area contributed by atoms with Crippen molar-refractivity contribution >= 4 is 17.5 Å². The van der Waals surface area contributed by atoms with Crippen LogP contribution in [0.25, 0.3) is 0 Å². The van der Waals surface area contributed by atoms with E-state index in [4.69, 9.17) is 9.47 Å². The third-order valence-corrected chi connectivity index (χ3v) is 4.34. The SMILES string of the molecule is CCN(CC)C(=O)c1cc(NC(=O)c2cc(OC)cc(OC)c2)c(=O)n(C)c1. The van der Waals surface area contributed by atoms with Crippen molar-refractivity contribution in [2.75, 3.05) is 32.6 Å². The van der Waals surface area contributed by atoms with Crippen LogP contribution >= 0.6 is 0 Å². The number of hydrogen-bond acceptors (Lipinski definition) is 5. The quantitative estimate of drug-likeness (QED) is 0.786. The van der Waals surface area contributed by atoms with Crippen LogP contribution in [0.3, 0.4) is 0 Å². The Morgan fingerprint density at radius 2 is 1.57 bits per heavy atom. The van der Waals surface area contributed by atoms with Crippen LogP contribution in [0.2, 0.25) is 0 Å². The number of rotatable bonds is 7. The third kappa shape index (κ3) is 4.51. The first kappa shape index (κ1) is 21.0. The number of carbonyl (C=O) groups is 2.